The molecule has 1 aromatic heterocycles. The molecule has 3 rings (SSSR count). The van der Waals surface area contributed by atoms with Gasteiger partial charge in [-0.2, -0.15) is 0 Å². The molecule has 0 spiro atoms. The zero-order valence-electron chi connectivity index (χ0n) is 18.9. The van der Waals surface area contributed by atoms with E-state index in [1.165, 1.54) is 0 Å². The SMILES string of the molecule is C=C(C)c1cccc2c(C(C)=O)cn(CCCNCCNCCOc3ccc(Cl)cc3)c12. The number of fused-ring (bicyclic) bond motifs is 1. The van der Waals surface area contributed by atoms with Gasteiger partial charge < -0.3 is 19.9 Å². The smallest absolute Gasteiger partial charge is 0.161 e. The number of para-hydroxylation sites is 1. The normalized spacial score (nSPS) is 11.1. The summed E-state index contributed by atoms with van der Waals surface area (Å²) in [5.41, 5.74) is 4.00. The van der Waals surface area contributed by atoms with Crippen LogP contribution in [0.2, 0.25) is 5.02 Å². The molecule has 2 aromatic carbocycles. The topological polar surface area (TPSA) is 55.3 Å². The van der Waals surface area contributed by atoms with Crippen molar-refractivity contribution in [1.29, 1.82) is 0 Å². The van der Waals surface area contributed by atoms with Crippen LogP contribution in [0.15, 0.2) is 55.2 Å². The van der Waals surface area contributed by atoms with E-state index in [0.717, 1.165) is 72.5 Å². The van der Waals surface area contributed by atoms with E-state index >= 15 is 0 Å². The number of halogens is 1. The lowest BCUT2D eigenvalue weighted by Crippen LogP contribution is -2.30. The van der Waals surface area contributed by atoms with Gasteiger partial charge in [0.15, 0.2) is 5.78 Å². The summed E-state index contributed by atoms with van der Waals surface area (Å²) < 4.78 is 7.86. The lowest BCUT2D eigenvalue weighted by atomic mass is 10.0. The molecule has 3 aromatic rings. The molecule has 6 heteroatoms. The van der Waals surface area contributed by atoms with Gasteiger partial charge in [-0.05, 0) is 56.7 Å². The van der Waals surface area contributed by atoms with Crippen LogP contribution in [0.5, 0.6) is 5.75 Å². The van der Waals surface area contributed by atoms with Crippen molar-refractivity contribution in [3.63, 3.8) is 0 Å². The highest BCUT2D eigenvalue weighted by atomic mass is 35.5. The van der Waals surface area contributed by atoms with Crippen molar-refractivity contribution in [2.75, 3.05) is 32.8 Å². The molecule has 0 radical (unpaired) electrons. The molecular formula is C26H32ClN3O2. The first kappa shape index (κ1) is 24.1. The van der Waals surface area contributed by atoms with Crippen molar-refractivity contribution in [2.24, 2.45) is 0 Å². The lowest BCUT2D eigenvalue weighted by molar-refractivity contribution is 0.101. The van der Waals surface area contributed by atoms with Crippen molar-refractivity contribution in [3.05, 3.63) is 71.4 Å². The van der Waals surface area contributed by atoms with Crippen molar-refractivity contribution >= 4 is 33.9 Å². The molecule has 0 saturated carbocycles. The van der Waals surface area contributed by atoms with E-state index in [9.17, 15) is 4.79 Å². The Hall–Kier alpha value is -2.60. The van der Waals surface area contributed by atoms with Crippen LogP contribution in [0.25, 0.3) is 16.5 Å². The monoisotopic (exact) mass is 453 g/mol. The van der Waals surface area contributed by atoms with Gasteiger partial charge in [-0.3, -0.25) is 4.79 Å². The van der Waals surface area contributed by atoms with E-state index < -0.39 is 0 Å². The molecule has 0 aliphatic heterocycles. The number of hydrogen-bond donors (Lipinski definition) is 2. The number of carbonyl (C=O) groups excluding carboxylic acids is 1. The Labute approximate surface area is 195 Å². The van der Waals surface area contributed by atoms with Crippen LogP contribution in [-0.4, -0.2) is 43.1 Å². The molecule has 0 aliphatic rings. The van der Waals surface area contributed by atoms with Gasteiger partial charge in [-0.15, -0.1) is 0 Å². The average Bonchev–Trinajstić information content (AvgIpc) is 3.15. The highest BCUT2D eigenvalue weighted by molar-refractivity contribution is 6.30. The second kappa shape index (κ2) is 11.9. The van der Waals surface area contributed by atoms with E-state index in [4.69, 9.17) is 16.3 Å². The van der Waals surface area contributed by atoms with Gasteiger partial charge in [-0.1, -0.05) is 36.4 Å². The Morgan fingerprint density at radius 3 is 2.41 bits per heavy atom. The number of ketones is 1. The van der Waals surface area contributed by atoms with E-state index in [2.05, 4.69) is 27.8 Å². The number of nitrogens with zero attached hydrogens (tertiary/aromatic N) is 1. The first-order valence-electron chi connectivity index (χ1n) is 11.1. The third-order valence-corrected chi connectivity index (χ3v) is 5.58. The predicted molar refractivity (Wildman–Crippen MR) is 134 cm³/mol. The maximum atomic E-state index is 12.1. The maximum Gasteiger partial charge on any atom is 0.161 e. The standard InChI is InChI=1S/C26H32ClN3O2/c1-19(2)23-6-4-7-24-25(20(3)31)18-30(26(23)24)16-5-12-28-13-14-29-15-17-32-22-10-8-21(27)9-11-22/h4,6-11,18,28-29H,1,5,12-17H2,2-3H3. The molecule has 0 atom stereocenters. The number of aromatic nitrogens is 1. The summed E-state index contributed by atoms with van der Waals surface area (Å²) in [5.74, 6) is 0.923. The fourth-order valence-electron chi connectivity index (χ4n) is 3.73. The third-order valence-electron chi connectivity index (χ3n) is 5.33. The molecule has 170 valence electrons. The summed E-state index contributed by atoms with van der Waals surface area (Å²) in [5, 5.41) is 8.56. The predicted octanol–water partition coefficient (Wildman–Crippen LogP) is 5.18. The Morgan fingerprint density at radius 1 is 1.00 bits per heavy atom. The highest BCUT2D eigenvalue weighted by Crippen LogP contribution is 2.29. The van der Waals surface area contributed by atoms with Crippen molar-refractivity contribution in [1.82, 2.24) is 15.2 Å². The van der Waals surface area contributed by atoms with Crippen LogP contribution in [-0.2, 0) is 6.54 Å². The molecule has 32 heavy (non-hydrogen) atoms. The summed E-state index contributed by atoms with van der Waals surface area (Å²) in [6.45, 7) is 12.7. The number of aryl methyl sites for hydroxylation is 1. The van der Waals surface area contributed by atoms with Gasteiger partial charge in [-0.25, -0.2) is 0 Å². The van der Waals surface area contributed by atoms with Crippen molar-refractivity contribution in [2.45, 2.75) is 26.8 Å². The van der Waals surface area contributed by atoms with E-state index in [0.29, 0.717) is 11.6 Å². The number of allylic oxidation sites excluding steroid dienone is 1. The van der Waals surface area contributed by atoms with Crippen molar-refractivity contribution < 1.29 is 9.53 Å². The quantitative estimate of drug-likeness (QED) is 0.276. The second-order valence-electron chi connectivity index (χ2n) is 7.93. The van der Waals surface area contributed by atoms with Crippen molar-refractivity contribution in [3.8, 4) is 5.75 Å². The van der Waals surface area contributed by atoms with Crippen LogP contribution in [0.4, 0.5) is 0 Å². The minimum Gasteiger partial charge on any atom is -0.492 e. The Balaban J connectivity index is 1.38. The molecule has 0 amide bonds. The van der Waals surface area contributed by atoms with Gasteiger partial charge in [0.05, 0.1) is 5.52 Å². The average molecular weight is 454 g/mol. The molecule has 0 fully saturated rings. The molecule has 0 unspecified atom stereocenters. The zero-order valence-corrected chi connectivity index (χ0v) is 19.7. The minimum absolute atomic E-state index is 0.0943. The Morgan fingerprint density at radius 2 is 1.72 bits per heavy atom. The van der Waals surface area contributed by atoms with Gasteiger partial charge in [0.25, 0.3) is 0 Å². The van der Waals surface area contributed by atoms with Crippen LogP contribution < -0.4 is 15.4 Å². The molecular weight excluding hydrogens is 422 g/mol. The molecule has 2 N–H and O–H groups in total. The van der Waals surface area contributed by atoms with E-state index in [1.54, 1.807) is 6.92 Å². The number of benzene rings is 2. The van der Waals surface area contributed by atoms with E-state index in [-0.39, 0.29) is 5.78 Å². The number of rotatable bonds is 13. The Bertz CT molecular complexity index is 1060. The molecule has 5 nitrogen and oxygen atoms in total. The summed E-state index contributed by atoms with van der Waals surface area (Å²) in [7, 11) is 0. The fourth-order valence-corrected chi connectivity index (χ4v) is 3.86. The fraction of sp³-hybridized carbons (Fsp3) is 0.346. The highest BCUT2D eigenvalue weighted by Gasteiger charge is 2.15. The van der Waals surface area contributed by atoms with Gasteiger partial charge in [0, 0.05) is 53.9 Å². The third kappa shape index (κ3) is 6.45. The minimum atomic E-state index is 0.0943. The maximum absolute atomic E-state index is 12.1. The molecule has 0 aliphatic carbocycles. The molecule has 0 bridgehead atoms. The summed E-state index contributed by atoms with van der Waals surface area (Å²) in [4.78, 5) is 12.1. The second-order valence-corrected chi connectivity index (χ2v) is 8.37. The van der Waals surface area contributed by atoms with Crippen LogP contribution in [0, 0.1) is 0 Å². The van der Waals surface area contributed by atoms with Crippen LogP contribution >= 0.6 is 11.6 Å². The molecule has 0 saturated heterocycles. The Kier molecular flexibility index (Phi) is 8.91. The van der Waals surface area contributed by atoms with Gasteiger partial charge >= 0.3 is 0 Å². The number of carbonyl (C=O) groups is 1. The van der Waals surface area contributed by atoms with Crippen LogP contribution in [0.3, 0.4) is 0 Å². The number of hydrogen-bond acceptors (Lipinski definition) is 4. The lowest BCUT2D eigenvalue weighted by Gasteiger charge is -2.11. The first-order valence-corrected chi connectivity index (χ1v) is 11.4. The summed E-state index contributed by atoms with van der Waals surface area (Å²) in [6, 6.07) is 13.5. The largest absolute Gasteiger partial charge is 0.492 e. The van der Waals surface area contributed by atoms with Gasteiger partial charge in [0.1, 0.15) is 12.4 Å². The first-order chi connectivity index (χ1) is 15.5. The summed E-state index contributed by atoms with van der Waals surface area (Å²) in [6.07, 6.45) is 2.97. The summed E-state index contributed by atoms with van der Waals surface area (Å²) >= 11 is 5.87. The van der Waals surface area contributed by atoms with E-state index in [1.807, 2.05) is 49.5 Å². The molecule has 1 heterocycles. The number of Topliss-reactive ketones (excluding diaryl/α,β-unsaturated/α-hetero) is 1. The van der Waals surface area contributed by atoms with Crippen LogP contribution in [0.1, 0.15) is 36.2 Å². The van der Waals surface area contributed by atoms with Gasteiger partial charge in [0.2, 0.25) is 0 Å². The number of nitrogens with one attached hydrogen (secondary N) is 2. The zero-order chi connectivity index (χ0) is 22.9. The number of ether oxygens (including phenoxy) is 1.